The lowest BCUT2D eigenvalue weighted by atomic mass is 9.72. The molecule has 2 aliphatic rings. The average Bonchev–Trinajstić information content (AvgIpc) is 2.70. The number of hydrogen-bond donors (Lipinski definition) is 0. The number of ether oxygens (including phenoxy) is 1. The first-order valence-electron chi connectivity index (χ1n) is 10.8. The fourth-order valence-electron chi connectivity index (χ4n) is 4.61. The molecule has 2 fully saturated rings. The van der Waals surface area contributed by atoms with Crippen molar-refractivity contribution in [2.45, 2.75) is 32.2 Å². The van der Waals surface area contributed by atoms with E-state index in [1.54, 1.807) is 37.3 Å². The number of rotatable bonds is 7. The van der Waals surface area contributed by atoms with E-state index < -0.39 is 5.41 Å². The second-order valence-corrected chi connectivity index (χ2v) is 8.88. The second kappa shape index (κ2) is 8.69. The molecule has 4 rings (SSSR count). The van der Waals surface area contributed by atoms with Crippen LogP contribution in [0, 0.1) is 17.2 Å². The number of methoxy groups -OCH3 is 1. The summed E-state index contributed by atoms with van der Waals surface area (Å²) in [4.78, 5) is 29.7. The van der Waals surface area contributed by atoms with E-state index in [-0.39, 0.29) is 30.1 Å². The van der Waals surface area contributed by atoms with Crippen molar-refractivity contribution < 1.29 is 18.7 Å². The molecule has 1 aliphatic carbocycles. The van der Waals surface area contributed by atoms with Crippen LogP contribution in [-0.4, -0.2) is 48.9 Å². The number of hydrogen-bond acceptors (Lipinski definition) is 3. The molecular formula is C25H29FN2O3. The molecule has 2 aromatic rings. The van der Waals surface area contributed by atoms with E-state index in [9.17, 15) is 14.0 Å². The first-order valence-corrected chi connectivity index (χ1v) is 10.8. The van der Waals surface area contributed by atoms with Gasteiger partial charge in [0, 0.05) is 38.2 Å². The summed E-state index contributed by atoms with van der Waals surface area (Å²) < 4.78 is 19.5. The van der Waals surface area contributed by atoms with Crippen LogP contribution in [0.15, 0.2) is 48.5 Å². The van der Waals surface area contributed by atoms with Crippen LogP contribution in [0.25, 0.3) is 0 Å². The molecule has 6 heteroatoms. The highest BCUT2D eigenvalue weighted by atomic mass is 19.1. The van der Waals surface area contributed by atoms with E-state index in [2.05, 4.69) is 0 Å². The molecular weight excluding hydrogens is 395 g/mol. The third-order valence-corrected chi connectivity index (χ3v) is 6.60. The minimum atomic E-state index is -0.703. The normalized spacial score (nSPS) is 17.5. The van der Waals surface area contributed by atoms with Gasteiger partial charge >= 0.3 is 0 Å². The largest absolute Gasteiger partial charge is 0.497 e. The van der Waals surface area contributed by atoms with Crippen LogP contribution in [0.2, 0.25) is 0 Å². The lowest BCUT2D eigenvalue weighted by Gasteiger charge is -2.51. The van der Waals surface area contributed by atoms with Gasteiger partial charge in [-0.25, -0.2) is 4.39 Å². The highest BCUT2D eigenvalue weighted by molar-refractivity contribution is 5.89. The topological polar surface area (TPSA) is 49.9 Å². The van der Waals surface area contributed by atoms with Crippen LogP contribution in [0.3, 0.4) is 0 Å². The number of likely N-dealkylation sites (tertiary alicyclic amines) is 1. The maximum absolute atomic E-state index is 14.1. The molecule has 164 valence electrons. The summed E-state index contributed by atoms with van der Waals surface area (Å²) in [6, 6.07) is 14.2. The summed E-state index contributed by atoms with van der Waals surface area (Å²) in [5.74, 6) is 0.635. The van der Waals surface area contributed by atoms with Crippen LogP contribution in [0.1, 0.15) is 30.4 Å². The Morgan fingerprint density at radius 1 is 1.16 bits per heavy atom. The smallest absolute Gasteiger partial charge is 0.232 e. The Bertz CT molecular complexity index is 967. The van der Waals surface area contributed by atoms with Gasteiger partial charge in [-0.3, -0.25) is 9.59 Å². The molecule has 1 aliphatic heterocycles. The van der Waals surface area contributed by atoms with Gasteiger partial charge in [-0.05, 0) is 43.0 Å². The summed E-state index contributed by atoms with van der Waals surface area (Å²) in [6.45, 7) is 1.00. The third kappa shape index (κ3) is 4.29. The first-order chi connectivity index (χ1) is 14.9. The van der Waals surface area contributed by atoms with Crippen LogP contribution < -0.4 is 4.74 Å². The standard InChI is InChI=1S/C25H29FN2O3/c1-27(15-20-8-3-4-12-22(20)26)24(30)25(14-18-7-5-11-21(13-18)31-2)16-28(17-25)23(29)19-9-6-10-19/h3-5,7-8,11-13,19H,6,9-10,14-17H2,1-2H3. The lowest BCUT2D eigenvalue weighted by Crippen LogP contribution is -2.66. The predicted molar refractivity (Wildman–Crippen MR) is 116 cm³/mol. The van der Waals surface area contributed by atoms with Gasteiger partial charge in [-0.15, -0.1) is 0 Å². The molecule has 0 spiro atoms. The maximum Gasteiger partial charge on any atom is 0.232 e. The molecule has 1 heterocycles. The monoisotopic (exact) mass is 424 g/mol. The molecule has 5 nitrogen and oxygen atoms in total. The van der Waals surface area contributed by atoms with Crippen molar-refractivity contribution in [3.05, 3.63) is 65.5 Å². The first kappa shape index (κ1) is 21.3. The maximum atomic E-state index is 14.1. The Hall–Kier alpha value is -2.89. The van der Waals surface area contributed by atoms with Crippen LogP contribution >= 0.6 is 0 Å². The van der Waals surface area contributed by atoms with E-state index in [1.165, 1.54) is 6.07 Å². The summed E-state index contributed by atoms with van der Waals surface area (Å²) in [6.07, 6.45) is 3.50. The highest BCUT2D eigenvalue weighted by Crippen LogP contribution is 2.40. The molecule has 0 bridgehead atoms. The fraction of sp³-hybridized carbons (Fsp3) is 0.440. The number of carbonyl (C=O) groups excluding carboxylic acids is 2. The van der Waals surface area contributed by atoms with Crippen molar-refractivity contribution in [2.75, 3.05) is 27.2 Å². The van der Waals surface area contributed by atoms with Crippen molar-refractivity contribution in [3.8, 4) is 5.75 Å². The Morgan fingerprint density at radius 2 is 1.90 bits per heavy atom. The minimum absolute atomic E-state index is 0.0590. The van der Waals surface area contributed by atoms with E-state index in [1.807, 2.05) is 29.2 Å². The van der Waals surface area contributed by atoms with Gasteiger partial charge in [-0.1, -0.05) is 36.8 Å². The number of amides is 2. The van der Waals surface area contributed by atoms with Gasteiger partial charge in [0.2, 0.25) is 11.8 Å². The Balaban J connectivity index is 1.53. The second-order valence-electron chi connectivity index (χ2n) is 8.88. The summed E-state index contributed by atoms with van der Waals surface area (Å²) in [5.41, 5.74) is 0.769. The number of nitrogens with zero attached hydrogens (tertiary/aromatic N) is 2. The number of halogens is 1. The van der Waals surface area contributed by atoms with E-state index in [4.69, 9.17) is 4.74 Å². The Kier molecular flexibility index (Phi) is 5.99. The van der Waals surface area contributed by atoms with E-state index in [0.717, 1.165) is 30.6 Å². The van der Waals surface area contributed by atoms with Gasteiger partial charge in [0.15, 0.2) is 0 Å². The van der Waals surface area contributed by atoms with Gasteiger partial charge in [0.05, 0.1) is 12.5 Å². The van der Waals surface area contributed by atoms with Crippen LogP contribution in [0.5, 0.6) is 5.75 Å². The number of carbonyl (C=O) groups is 2. The summed E-state index contributed by atoms with van der Waals surface area (Å²) in [5, 5.41) is 0. The molecule has 0 aromatic heterocycles. The quantitative estimate of drug-likeness (QED) is 0.682. The molecule has 0 unspecified atom stereocenters. The molecule has 0 N–H and O–H groups in total. The van der Waals surface area contributed by atoms with Crippen molar-refractivity contribution in [2.24, 2.45) is 11.3 Å². The molecule has 1 saturated heterocycles. The average molecular weight is 425 g/mol. The van der Waals surface area contributed by atoms with Gasteiger partial charge < -0.3 is 14.5 Å². The molecule has 31 heavy (non-hydrogen) atoms. The fourth-order valence-corrected chi connectivity index (χ4v) is 4.61. The lowest BCUT2D eigenvalue weighted by molar-refractivity contribution is -0.163. The molecule has 0 atom stereocenters. The molecule has 1 saturated carbocycles. The van der Waals surface area contributed by atoms with Gasteiger partial charge in [0.1, 0.15) is 11.6 Å². The zero-order chi connectivity index (χ0) is 22.0. The summed E-state index contributed by atoms with van der Waals surface area (Å²) in [7, 11) is 3.32. The van der Waals surface area contributed by atoms with Crippen LogP contribution in [-0.2, 0) is 22.6 Å². The zero-order valence-electron chi connectivity index (χ0n) is 18.1. The van der Waals surface area contributed by atoms with Gasteiger partial charge in [-0.2, -0.15) is 0 Å². The van der Waals surface area contributed by atoms with Crippen molar-refractivity contribution in [1.82, 2.24) is 9.80 Å². The van der Waals surface area contributed by atoms with Gasteiger partial charge in [0.25, 0.3) is 0 Å². The van der Waals surface area contributed by atoms with Crippen LogP contribution in [0.4, 0.5) is 4.39 Å². The van der Waals surface area contributed by atoms with E-state index in [0.29, 0.717) is 25.1 Å². The third-order valence-electron chi connectivity index (χ3n) is 6.60. The molecule has 0 radical (unpaired) electrons. The Labute approximate surface area is 182 Å². The van der Waals surface area contributed by atoms with E-state index >= 15 is 0 Å². The zero-order valence-corrected chi connectivity index (χ0v) is 18.1. The molecule has 2 aromatic carbocycles. The minimum Gasteiger partial charge on any atom is -0.497 e. The van der Waals surface area contributed by atoms with Crippen molar-refractivity contribution in [3.63, 3.8) is 0 Å². The van der Waals surface area contributed by atoms with Crippen molar-refractivity contribution in [1.29, 1.82) is 0 Å². The summed E-state index contributed by atoms with van der Waals surface area (Å²) >= 11 is 0. The number of benzene rings is 2. The molecule has 2 amide bonds. The Morgan fingerprint density at radius 3 is 2.55 bits per heavy atom. The highest BCUT2D eigenvalue weighted by Gasteiger charge is 2.53. The SMILES string of the molecule is COc1cccc(CC2(C(=O)N(C)Cc3ccccc3F)CN(C(=O)C3CCC3)C2)c1. The van der Waals surface area contributed by atoms with Crippen molar-refractivity contribution >= 4 is 11.8 Å². The predicted octanol–water partition coefficient (Wildman–Crippen LogP) is 3.66.